The fraction of sp³-hybridized carbons (Fsp3) is 0.273. The third-order valence-corrected chi connectivity index (χ3v) is 3.47. The summed E-state index contributed by atoms with van der Waals surface area (Å²) in [6.07, 6.45) is 0.685. The van der Waals surface area contributed by atoms with Crippen LogP contribution in [0.1, 0.15) is 22.4 Å². The number of aromatic nitrogens is 2. The number of nitrogens with zero attached hydrogens (tertiary/aromatic N) is 2. The standard InChI is InChI=1S/C11H13ClN4S/c12-8-3-1-7(2-4-8)5-10-15-11(17-16-10)9(14)6-13/h1-4,9H,5-6,13-14H2. The van der Waals surface area contributed by atoms with Gasteiger partial charge in [0.2, 0.25) is 0 Å². The number of rotatable bonds is 4. The quantitative estimate of drug-likeness (QED) is 0.885. The van der Waals surface area contributed by atoms with Gasteiger partial charge in [-0.1, -0.05) is 23.7 Å². The van der Waals surface area contributed by atoms with E-state index in [9.17, 15) is 0 Å². The van der Waals surface area contributed by atoms with E-state index >= 15 is 0 Å². The van der Waals surface area contributed by atoms with Crippen molar-refractivity contribution in [3.63, 3.8) is 0 Å². The molecule has 1 aromatic carbocycles. The van der Waals surface area contributed by atoms with Crippen molar-refractivity contribution in [2.24, 2.45) is 11.5 Å². The largest absolute Gasteiger partial charge is 0.329 e. The second-order valence-corrected chi connectivity index (χ2v) is 4.91. The first-order chi connectivity index (χ1) is 8.19. The summed E-state index contributed by atoms with van der Waals surface area (Å²) in [7, 11) is 0. The molecule has 2 rings (SSSR count). The van der Waals surface area contributed by atoms with Crippen LogP contribution in [0.15, 0.2) is 24.3 Å². The van der Waals surface area contributed by atoms with E-state index in [1.807, 2.05) is 24.3 Å². The minimum Gasteiger partial charge on any atom is -0.329 e. The molecule has 0 amide bonds. The van der Waals surface area contributed by atoms with E-state index in [1.165, 1.54) is 11.5 Å². The van der Waals surface area contributed by atoms with Crippen molar-refractivity contribution in [1.29, 1.82) is 0 Å². The monoisotopic (exact) mass is 268 g/mol. The van der Waals surface area contributed by atoms with Crippen LogP contribution in [-0.2, 0) is 6.42 Å². The Morgan fingerprint density at radius 2 is 2.00 bits per heavy atom. The number of benzene rings is 1. The third-order valence-electron chi connectivity index (χ3n) is 2.33. The van der Waals surface area contributed by atoms with Crippen LogP contribution in [0.2, 0.25) is 5.02 Å². The van der Waals surface area contributed by atoms with Gasteiger partial charge >= 0.3 is 0 Å². The second kappa shape index (κ2) is 5.55. The van der Waals surface area contributed by atoms with Crippen LogP contribution in [0.4, 0.5) is 0 Å². The Morgan fingerprint density at radius 1 is 1.29 bits per heavy atom. The van der Waals surface area contributed by atoms with Crippen molar-refractivity contribution in [3.05, 3.63) is 45.7 Å². The highest BCUT2D eigenvalue weighted by molar-refractivity contribution is 7.05. The maximum Gasteiger partial charge on any atom is 0.147 e. The number of hydrogen-bond donors (Lipinski definition) is 2. The molecule has 0 aliphatic heterocycles. The van der Waals surface area contributed by atoms with Gasteiger partial charge in [0.1, 0.15) is 10.8 Å². The zero-order valence-electron chi connectivity index (χ0n) is 9.14. The molecule has 0 radical (unpaired) electrons. The molecule has 1 heterocycles. The summed E-state index contributed by atoms with van der Waals surface area (Å²) in [5.74, 6) is 0.774. The summed E-state index contributed by atoms with van der Waals surface area (Å²) in [6.45, 7) is 0.385. The van der Waals surface area contributed by atoms with Gasteiger partial charge in [-0.25, -0.2) is 4.98 Å². The molecule has 1 unspecified atom stereocenters. The molecule has 0 aliphatic carbocycles. The van der Waals surface area contributed by atoms with E-state index < -0.39 is 0 Å². The average Bonchev–Trinajstić information content (AvgIpc) is 2.80. The lowest BCUT2D eigenvalue weighted by atomic mass is 10.1. The highest BCUT2D eigenvalue weighted by Crippen LogP contribution is 2.16. The minimum absolute atomic E-state index is 0.216. The fourth-order valence-electron chi connectivity index (χ4n) is 1.38. The number of halogens is 1. The van der Waals surface area contributed by atoms with Crippen molar-refractivity contribution in [2.45, 2.75) is 12.5 Å². The van der Waals surface area contributed by atoms with Gasteiger partial charge in [0.25, 0.3) is 0 Å². The highest BCUT2D eigenvalue weighted by Gasteiger charge is 2.10. The second-order valence-electron chi connectivity index (χ2n) is 3.69. The van der Waals surface area contributed by atoms with Gasteiger partial charge in [0.15, 0.2) is 0 Å². The predicted molar refractivity (Wildman–Crippen MR) is 70.1 cm³/mol. The molecule has 17 heavy (non-hydrogen) atoms. The average molecular weight is 269 g/mol. The molecule has 2 aromatic rings. The molecule has 4 nitrogen and oxygen atoms in total. The topological polar surface area (TPSA) is 77.8 Å². The van der Waals surface area contributed by atoms with Crippen LogP contribution in [0, 0.1) is 0 Å². The van der Waals surface area contributed by atoms with Crippen LogP contribution < -0.4 is 11.5 Å². The van der Waals surface area contributed by atoms with Crippen molar-refractivity contribution in [3.8, 4) is 0 Å². The van der Waals surface area contributed by atoms with Crippen LogP contribution in [0.5, 0.6) is 0 Å². The van der Waals surface area contributed by atoms with Gasteiger partial charge in [0.05, 0.1) is 6.04 Å². The molecular weight excluding hydrogens is 256 g/mol. The Labute approximate surface area is 109 Å². The van der Waals surface area contributed by atoms with Gasteiger partial charge in [-0.2, -0.15) is 4.37 Å². The lowest BCUT2D eigenvalue weighted by molar-refractivity contribution is 0.725. The van der Waals surface area contributed by atoms with E-state index in [1.54, 1.807) is 0 Å². The maximum absolute atomic E-state index is 5.82. The Balaban J connectivity index is 2.08. The van der Waals surface area contributed by atoms with Crippen LogP contribution in [0.25, 0.3) is 0 Å². The van der Waals surface area contributed by atoms with Crippen LogP contribution in [-0.4, -0.2) is 15.9 Å². The predicted octanol–water partition coefficient (Wildman–Crippen LogP) is 1.74. The molecule has 0 saturated carbocycles. The molecular formula is C11H13ClN4S. The molecule has 0 saturated heterocycles. The number of hydrogen-bond acceptors (Lipinski definition) is 5. The van der Waals surface area contributed by atoms with Crippen molar-refractivity contribution in [1.82, 2.24) is 9.36 Å². The first-order valence-corrected chi connectivity index (χ1v) is 6.36. The van der Waals surface area contributed by atoms with E-state index in [2.05, 4.69) is 9.36 Å². The first-order valence-electron chi connectivity index (χ1n) is 5.21. The van der Waals surface area contributed by atoms with Gasteiger partial charge in [-0.05, 0) is 29.2 Å². The summed E-state index contributed by atoms with van der Waals surface area (Å²) in [6, 6.07) is 7.43. The molecule has 0 aliphatic rings. The van der Waals surface area contributed by atoms with Crippen molar-refractivity contribution in [2.75, 3.05) is 6.54 Å². The molecule has 0 fully saturated rings. The molecule has 6 heteroatoms. The molecule has 4 N–H and O–H groups in total. The van der Waals surface area contributed by atoms with Crippen molar-refractivity contribution >= 4 is 23.1 Å². The van der Waals surface area contributed by atoms with E-state index in [-0.39, 0.29) is 6.04 Å². The summed E-state index contributed by atoms with van der Waals surface area (Å²) >= 11 is 7.13. The van der Waals surface area contributed by atoms with Crippen LogP contribution >= 0.6 is 23.1 Å². The SMILES string of the molecule is NCC(N)c1nc(Cc2ccc(Cl)cc2)ns1. The summed E-state index contributed by atoms with van der Waals surface area (Å²) < 4.78 is 4.26. The summed E-state index contributed by atoms with van der Waals surface area (Å²) in [5, 5.41) is 1.52. The van der Waals surface area contributed by atoms with E-state index in [4.69, 9.17) is 23.1 Å². The van der Waals surface area contributed by atoms with E-state index in [0.29, 0.717) is 13.0 Å². The van der Waals surface area contributed by atoms with Gasteiger partial charge in [-0.15, -0.1) is 0 Å². The Morgan fingerprint density at radius 3 is 2.65 bits per heavy atom. The van der Waals surface area contributed by atoms with Crippen LogP contribution in [0.3, 0.4) is 0 Å². The van der Waals surface area contributed by atoms with Gasteiger partial charge in [0, 0.05) is 18.0 Å². The number of nitrogens with two attached hydrogens (primary N) is 2. The molecule has 1 aromatic heterocycles. The third kappa shape index (κ3) is 3.23. The Bertz CT molecular complexity index is 482. The lowest BCUT2D eigenvalue weighted by Crippen LogP contribution is -2.20. The van der Waals surface area contributed by atoms with Gasteiger partial charge < -0.3 is 11.5 Å². The Hall–Kier alpha value is -1.01. The summed E-state index contributed by atoms with van der Waals surface area (Å²) in [4.78, 5) is 4.37. The molecule has 0 spiro atoms. The molecule has 0 bridgehead atoms. The van der Waals surface area contributed by atoms with Gasteiger partial charge in [-0.3, -0.25) is 0 Å². The summed E-state index contributed by atoms with van der Waals surface area (Å²) in [5.41, 5.74) is 12.4. The lowest BCUT2D eigenvalue weighted by Gasteiger charge is -2.01. The molecule has 1 atom stereocenters. The smallest absolute Gasteiger partial charge is 0.147 e. The zero-order valence-corrected chi connectivity index (χ0v) is 10.7. The molecule has 90 valence electrons. The first kappa shape index (κ1) is 12.4. The highest BCUT2D eigenvalue weighted by atomic mass is 35.5. The van der Waals surface area contributed by atoms with Crippen molar-refractivity contribution < 1.29 is 0 Å². The zero-order chi connectivity index (χ0) is 12.3. The fourth-order valence-corrected chi connectivity index (χ4v) is 2.18. The normalized spacial score (nSPS) is 12.6. The van der Waals surface area contributed by atoms with E-state index in [0.717, 1.165) is 21.4 Å². The Kier molecular flexibility index (Phi) is 4.06. The minimum atomic E-state index is -0.216. The maximum atomic E-state index is 5.82.